The molecule has 0 saturated carbocycles. The lowest BCUT2D eigenvalue weighted by atomic mass is 9.92. The first-order chi connectivity index (χ1) is 8.99. The van der Waals surface area contributed by atoms with Crippen LogP contribution in [0.4, 0.5) is 0 Å². The van der Waals surface area contributed by atoms with Crippen LogP contribution < -0.4 is 5.73 Å². The zero-order valence-corrected chi connectivity index (χ0v) is 11.8. The molecule has 0 aliphatic carbocycles. The molecule has 2 rings (SSSR count). The number of nitrogens with zero attached hydrogens (tertiary/aromatic N) is 2. The molecule has 0 atom stereocenters. The largest absolute Gasteiger partial charge is 0.334 e. The van der Waals surface area contributed by atoms with E-state index >= 15 is 0 Å². The third-order valence-corrected chi connectivity index (χ3v) is 2.82. The van der Waals surface area contributed by atoms with E-state index in [1.54, 1.807) is 0 Å². The number of hydrogen-bond donors (Lipinski definition) is 1. The van der Waals surface area contributed by atoms with Crippen LogP contribution in [-0.4, -0.2) is 16.7 Å². The predicted molar refractivity (Wildman–Crippen MR) is 75.7 cm³/mol. The zero-order chi connectivity index (χ0) is 13.9. The second-order valence-electron chi connectivity index (χ2n) is 5.95. The van der Waals surface area contributed by atoms with E-state index in [0.717, 1.165) is 29.8 Å². The molecule has 0 amide bonds. The van der Waals surface area contributed by atoms with E-state index in [1.807, 2.05) is 18.2 Å². The molecule has 0 aliphatic heterocycles. The minimum absolute atomic E-state index is 0.151. The third kappa shape index (κ3) is 3.64. The summed E-state index contributed by atoms with van der Waals surface area (Å²) in [4.78, 5) is 4.49. The van der Waals surface area contributed by atoms with Gasteiger partial charge in [0.25, 0.3) is 5.89 Å². The lowest BCUT2D eigenvalue weighted by Gasteiger charge is -2.14. The van der Waals surface area contributed by atoms with Gasteiger partial charge in [-0.15, -0.1) is 0 Å². The quantitative estimate of drug-likeness (QED) is 0.917. The number of benzene rings is 1. The van der Waals surface area contributed by atoms with Gasteiger partial charge in [0.1, 0.15) is 0 Å². The molecule has 0 bridgehead atoms. The predicted octanol–water partition coefficient (Wildman–Crippen LogP) is 2.83. The van der Waals surface area contributed by atoms with Crippen molar-refractivity contribution in [3.63, 3.8) is 0 Å². The van der Waals surface area contributed by atoms with Crippen molar-refractivity contribution in [1.29, 1.82) is 0 Å². The summed E-state index contributed by atoms with van der Waals surface area (Å²) in [6.45, 7) is 7.09. The second-order valence-corrected chi connectivity index (χ2v) is 5.95. The van der Waals surface area contributed by atoms with Gasteiger partial charge in [0, 0.05) is 12.0 Å². The fraction of sp³-hybridized carbons (Fsp3) is 0.467. The van der Waals surface area contributed by atoms with E-state index in [0.29, 0.717) is 12.4 Å². The molecule has 19 heavy (non-hydrogen) atoms. The van der Waals surface area contributed by atoms with Crippen molar-refractivity contribution < 1.29 is 4.52 Å². The van der Waals surface area contributed by atoms with Gasteiger partial charge in [0.15, 0.2) is 5.82 Å². The van der Waals surface area contributed by atoms with Crippen LogP contribution in [0.1, 0.15) is 32.2 Å². The fourth-order valence-electron chi connectivity index (χ4n) is 2.01. The van der Waals surface area contributed by atoms with Crippen LogP contribution in [0.5, 0.6) is 0 Å². The molecule has 0 unspecified atom stereocenters. The first kappa shape index (κ1) is 13.7. The molecule has 4 nitrogen and oxygen atoms in total. The summed E-state index contributed by atoms with van der Waals surface area (Å²) in [7, 11) is 0. The Kier molecular flexibility index (Phi) is 4.00. The SMILES string of the molecule is CC(C)(C)Cc1noc(-c2ccccc2CCN)n1. The number of aromatic nitrogens is 2. The molecular weight excluding hydrogens is 238 g/mol. The van der Waals surface area contributed by atoms with Crippen molar-refractivity contribution in [2.45, 2.75) is 33.6 Å². The molecule has 0 saturated heterocycles. The Morgan fingerprint density at radius 3 is 2.63 bits per heavy atom. The highest BCUT2D eigenvalue weighted by molar-refractivity contribution is 5.58. The van der Waals surface area contributed by atoms with E-state index in [-0.39, 0.29) is 5.41 Å². The molecule has 1 aromatic heterocycles. The summed E-state index contributed by atoms with van der Waals surface area (Å²) in [5.74, 6) is 1.34. The smallest absolute Gasteiger partial charge is 0.258 e. The molecular formula is C15H21N3O. The molecule has 1 heterocycles. The normalized spacial score (nSPS) is 11.8. The van der Waals surface area contributed by atoms with E-state index in [4.69, 9.17) is 10.3 Å². The lowest BCUT2D eigenvalue weighted by molar-refractivity contribution is 0.374. The monoisotopic (exact) mass is 259 g/mol. The Hall–Kier alpha value is -1.68. The van der Waals surface area contributed by atoms with Crippen LogP contribution in [0.15, 0.2) is 28.8 Å². The molecule has 2 aromatic rings. The maximum atomic E-state index is 5.63. The van der Waals surface area contributed by atoms with Gasteiger partial charge < -0.3 is 10.3 Å². The van der Waals surface area contributed by atoms with Crippen LogP contribution in [0.3, 0.4) is 0 Å². The van der Waals surface area contributed by atoms with Crippen molar-refractivity contribution in [2.24, 2.45) is 11.1 Å². The first-order valence-corrected chi connectivity index (χ1v) is 6.60. The Morgan fingerprint density at radius 2 is 1.95 bits per heavy atom. The van der Waals surface area contributed by atoms with Crippen molar-refractivity contribution in [3.05, 3.63) is 35.7 Å². The van der Waals surface area contributed by atoms with Crippen molar-refractivity contribution in [3.8, 4) is 11.5 Å². The topological polar surface area (TPSA) is 64.9 Å². The molecule has 102 valence electrons. The maximum Gasteiger partial charge on any atom is 0.258 e. The minimum atomic E-state index is 0.151. The number of hydrogen-bond acceptors (Lipinski definition) is 4. The maximum absolute atomic E-state index is 5.63. The highest BCUT2D eigenvalue weighted by Gasteiger charge is 2.17. The third-order valence-electron chi connectivity index (χ3n) is 2.82. The minimum Gasteiger partial charge on any atom is -0.334 e. The van der Waals surface area contributed by atoms with Gasteiger partial charge in [-0.05, 0) is 30.0 Å². The van der Waals surface area contributed by atoms with Gasteiger partial charge in [-0.1, -0.05) is 44.1 Å². The van der Waals surface area contributed by atoms with E-state index in [9.17, 15) is 0 Å². The van der Waals surface area contributed by atoms with Gasteiger partial charge in [-0.25, -0.2) is 0 Å². The van der Waals surface area contributed by atoms with E-state index in [1.165, 1.54) is 0 Å². The molecule has 0 radical (unpaired) electrons. The van der Waals surface area contributed by atoms with E-state index < -0.39 is 0 Å². The van der Waals surface area contributed by atoms with Gasteiger partial charge in [0.2, 0.25) is 0 Å². The van der Waals surface area contributed by atoms with Crippen LogP contribution in [-0.2, 0) is 12.8 Å². The first-order valence-electron chi connectivity index (χ1n) is 6.60. The molecule has 0 spiro atoms. The van der Waals surface area contributed by atoms with Gasteiger partial charge in [-0.3, -0.25) is 0 Å². The van der Waals surface area contributed by atoms with Crippen LogP contribution in [0, 0.1) is 5.41 Å². The molecule has 0 fully saturated rings. The summed E-state index contributed by atoms with van der Waals surface area (Å²) in [5, 5.41) is 4.06. The molecule has 2 N–H and O–H groups in total. The van der Waals surface area contributed by atoms with Crippen LogP contribution in [0.2, 0.25) is 0 Å². The Bertz CT molecular complexity index is 540. The number of rotatable bonds is 4. The van der Waals surface area contributed by atoms with Crippen LogP contribution in [0.25, 0.3) is 11.5 Å². The highest BCUT2D eigenvalue weighted by atomic mass is 16.5. The van der Waals surface area contributed by atoms with Crippen LogP contribution >= 0.6 is 0 Å². The van der Waals surface area contributed by atoms with Crippen molar-refractivity contribution in [2.75, 3.05) is 6.54 Å². The molecule has 1 aromatic carbocycles. The van der Waals surface area contributed by atoms with Gasteiger partial charge in [-0.2, -0.15) is 4.98 Å². The molecule has 4 heteroatoms. The van der Waals surface area contributed by atoms with Crippen molar-refractivity contribution in [1.82, 2.24) is 10.1 Å². The van der Waals surface area contributed by atoms with Crippen molar-refractivity contribution >= 4 is 0 Å². The summed E-state index contributed by atoms with van der Waals surface area (Å²) in [5.41, 5.74) is 7.92. The Morgan fingerprint density at radius 1 is 1.21 bits per heavy atom. The average Bonchev–Trinajstić information content (AvgIpc) is 2.76. The standard InChI is InChI=1S/C15H21N3O/c1-15(2,3)10-13-17-14(19-18-13)12-7-5-4-6-11(12)8-9-16/h4-7H,8-10,16H2,1-3H3. The number of nitrogens with two attached hydrogens (primary N) is 1. The fourth-order valence-corrected chi connectivity index (χ4v) is 2.01. The Balaban J connectivity index is 2.28. The lowest BCUT2D eigenvalue weighted by Crippen LogP contribution is -2.10. The van der Waals surface area contributed by atoms with E-state index in [2.05, 4.69) is 37.0 Å². The summed E-state index contributed by atoms with van der Waals surface area (Å²) < 4.78 is 5.38. The van der Waals surface area contributed by atoms with Gasteiger partial charge in [0.05, 0.1) is 0 Å². The summed E-state index contributed by atoms with van der Waals surface area (Å²) >= 11 is 0. The zero-order valence-electron chi connectivity index (χ0n) is 11.8. The average molecular weight is 259 g/mol. The summed E-state index contributed by atoms with van der Waals surface area (Å²) in [6, 6.07) is 8.03. The van der Waals surface area contributed by atoms with Gasteiger partial charge >= 0.3 is 0 Å². The Labute approximate surface area is 114 Å². The highest BCUT2D eigenvalue weighted by Crippen LogP contribution is 2.24. The molecule has 0 aliphatic rings. The second kappa shape index (κ2) is 5.53. The summed E-state index contributed by atoms with van der Waals surface area (Å²) in [6.07, 6.45) is 1.61.